The molecule has 1 unspecified atom stereocenters. The largest absolute Gasteiger partial charge is 0.376 e. The highest BCUT2D eigenvalue weighted by molar-refractivity contribution is 5.38. The van der Waals surface area contributed by atoms with E-state index >= 15 is 0 Å². The van der Waals surface area contributed by atoms with Gasteiger partial charge in [0.05, 0.1) is 6.10 Å². The summed E-state index contributed by atoms with van der Waals surface area (Å²) < 4.78 is 5.79. The molecule has 1 atom stereocenters. The van der Waals surface area contributed by atoms with Crippen LogP contribution in [0.2, 0.25) is 0 Å². The number of hydrogen-bond donors (Lipinski definition) is 1. The van der Waals surface area contributed by atoms with Crippen LogP contribution in [0.15, 0.2) is 18.3 Å². The molecular weight excluding hydrogens is 262 g/mol. The van der Waals surface area contributed by atoms with Gasteiger partial charge in [-0.25, -0.2) is 4.98 Å². The number of pyridine rings is 1. The van der Waals surface area contributed by atoms with E-state index in [0.717, 1.165) is 32.1 Å². The number of hydrogen-bond acceptors (Lipinski definition) is 4. The van der Waals surface area contributed by atoms with Crippen molar-refractivity contribution in [2.24, 2.45) is 5.92 Å². The van der Waals surface area contributed by atoms with Crippen molar-refractivity contribution in [3.63, 3.8) is 0 Å². The zero-order valence-corrected chi connectivity index (χ0v) is 13.6. The molecule has 1 aliphatic rings. The van der Waals surface area contributed by atoms with Gasteiger partial charge in [-0.2, -0.15) is 0 Å². The van der Waals surface area contributed by atoms with Crippen LogP contribution in [0.4, 0.5) is 5.82 Å². The molecule has 0 spiro atoms. The van der Waals surface area contributed by atoms with Gasteiger partial charge in [0.25, 0.3) is 0 Å². The van der Waals surface area contributed by atoms with Crippen LogP contribution in [-0.4, -0.2) is 37.8 Å². The van der Waals surface area contributed by atoms with E-state index in [1.165, 1.54) is 24.8 Å². The zero-order chi connectivity index (χ0) is 15.1. The van der Waals surface area contributed by atoms with Gasteiger partial charge in [-0.3, -0.25) is 0 Å². The first-order valence-electron chi connectivity index (χ1n) is 8.13. The van der Waals surface area contributed by atoms with Crippen LogP contribution in [0.25, 0.3) is 0 Å². The van der Waals surface area contributed by atoms with Crippen molar-refractivity contribution in [1.29, 1.82) is 0 Å². The lowest BCUT2D eigenvalue weighted by atomic mass is 10.1. The first kappa shape index (κ1) is 16.2. The number of aromatic nitrogens is 1. The monoisotopic (exact) mass is 291 g/mol. The maximum absolute atomic E-state index is 5.79. The molecule has 4 nitrogen and oxygen atoms in total. The van der Waals surface area contributed by atoms with Crippen LogP contribution in [0, 0.1) is 5.92 Å². The van der Waals surface area contributed by atoms with Gasteiger partial charge in [0, 0.05) is 32.9 Å². The molecule has 0 bridgehead atoms. The molecule has 0 aromatic carbocycles. The fourth-order valence-corrected chi connectivity index (χ4v) is 2.60. The van der Waals surface area contributed by atoms with Gasteiger partial charge < -0.3 is 15.0 Å². The molecule has 0 amide bonds. The van der Waals surface area contributed by atoms with Gasteiger partial charge >= 0.3 is 0 Å². The molecule has 0 saturated carbocycles. The van der Waals surface area contributed by atoms with Crippen molar-refractivity contribution in [2.75, 3.05) is 31.6 Å². The van der Waals surface area contributed by atoms with E-state index in [4.69, 9.17) is 4.74 Å². The molecule has 1 N–H and O–H groups in total. The van der Waals surface area contributed by atoms with Crippen LogP contribution in [0.5, 0.6) is 0 Å². The van der Waals surface area contributed by atoms with E-state index < -0.39 is 0 Å². The Morgan fingerprint density at radius 3 is 2.86 bits per heavy atom. The van der Waals surface area contributed by atoms with Crippen molar-refractivity contribution >= 4 is 5.82 Å². The van der Waals surface area contributed by atoms with Crippen molar-refractivity contribution in [1.82, 2.24) is 10.3 Å². The van der Waals surface area contributed by atoms with E-state index in [1.54, 1.807) is 0 Å². The van der Waals surface area contributed by atoms with Crippen molar-refractivity contribution in [2.45, 2.75) is 45.8 Å². The Morgan fingerprint density at radius 2 is 2.24 bits per heavy atom. The summed E-state index contributed by atoms with van der Waals surface area (Å²) in [5.74, 6) is 1.70. The number of ether oxygens (including phenoxy) is 1. The second kappa shape index (κ2) is 8.35. The van der Waals surface area contributed by atoms with E-state index in [9.17, 15) is 0 Å². The third kappa shape index (κ3) is 5.64. The zero-order valence-electron chi connectivity index (χ0n) is 13.6. The SMILES string of the molecule is CC(C)CNCc1ccc(N(C)CC2CCCCO2)nc1. The normalized spacial score (nSPS) is 19.0. The molecule has 4 heteroatoms. The van der Waals surface area contributed by atoms with Crippen LogP contribution >= 0.6 is 0 Å². The number of nitrogens with zero attached hydrogens (tertiary/aromatic N) is 2. The second-order valence-electron chi connectivity index (χ2n) is 6.42. The Bertz CT molecular complexity index is 399. The van der Waals surface area contributed by atoms with Crippen LogP contribution in [0.1, 0.15) is 38.7 Å². The fraction of sp³-hybridized carbons (Fsp3) is 0.706. The Hall–Kier alpha value is -1.13. The van der Waals surface area contributed by atoms with Crippen molar-refractivity contribution < 1.29 is 4.74 Å². The highest BCUT2D eigenvalue weighted by atomic mass is 16.5. The molecule has 1 aromatic rings. The minimum atomic E-state index is 0.359. The summed E-state index contributed by atoms with van der Waals surface area (Å²) in [5, 5.41) is 3.44. The predicted octanol–water partition coefficient (Wildman–Crippen LogP) is 2.83. The Morgan fingerprint density at radius 1 is 1.38 bits per heavy atom. The molecule has 118 valence electrons. The highest BCUT2D eigenvalue weighted by Gasteiger charge is 2.16. The molecule has 2 rings (SSSR count). The van der Waals surface area contributed by atoms with E-state index in [2.05, 4.69) is 48.2 Å². The molecule has 0 radical (unpaired) electrons. The van der Waals surface area contributed by atoms with Crippen LogP contribution in [-0.2, 0) is 11.3 Å². The van der Waals surface area contributed by atoms with Gasteiger partial charge in [-0.05, 0) is 43.4 Å². The lowest BCUT2D eigenvalue weighted by Gasteiger charge is -2.28. The standard InChI is InChI=1S/C17H29N3O/c1-14(2)10-18-11-15-7-8-17(19-12-15)20(3)13-16-6-4-5-9-21-16/h7-8,12,14,16,18H,4-6,9-11,13H2,1-3H3. The Kier molecular flexibility index (Phi) is 6.46. The molecule has 1 aromatic heterocycles. The van der Waals surface area contributed by atoms with Crippen LogP contribution < -0.4 is 10.2 Å². The lowest BCUT2D eigenvalue weighted by Crippen LogP contribution is -2.33. The molecule has 1 aliphatic heterocycles. The first-order valence-corrected chi connectivity index (χ1v) is 8.13. The molecule has 1 saturated heterocycles. The average Bonchev–Trinajstić information content (AvgIpc) is 2.48. The van der Waals surface area contributed by atoms with E-state index in [0.29, 0.717) is 12.0 Å². The van der Waals surface area contributed by atoms with E-state index in [1.807, 2.05) is 6.20 Å². The third-order valence-electron chi connectivity index (χ3n) is 3.83. The molecule has 21 heavy (non-hydrogen) atoms. The van der Waals surface area contributed by atoms with Crippen molar-refractivity contribution in [3.05, 3.63) is 23.9 Å². The number of nitrogens with one attached hydrogen (secondary N) is 1. The maximum Gasteiger partial charge on any atom is 0.128 e. The summed E-state index contributed by atoms with van der Waals surface area (Å²) in [5.41, 5.74) is 1.24. The number of rotatable bonds is 7. The minimum absolute atomic E-state index is 0.359. The second-order valence-corrected chi connectivity index (χ2v) is 6.42. The summed E-state index contributed by atoms with van der Waals surface area (Å²) >= 11 is 0. The summed E-state index contributed by atoms with van der Waals surface area (Å²) in [6, 6.07) is 4.27. The smallest absolute Gasteiger partial charge is 0.128 e. The lowest BCUT2D eigenvalue weighted by molar-refractivity contribution is 0.0215. The highest BCUT2D eigenvalue weighted by Crippen LogP contribution is 2.16. The Labute approximate surface area is 128 Å². The predicted molar refractivity (Wildman–Crippen MR) is 87.6 cm³/mol. The van der Waals surface area contributed by atoms with Crippen molar-refractivity contribution in [3.8, 4) is 0 Å². The number of anilines is 1. The molecule has 2 heterocycles. The van der Waals surface area contributed by atoms with Crippen LogP contribution in [0.3, 0.4) is 0 Å². The molecule has 1 fully saturated rings. The summed E-state index contributed by atoms with van der Waals surface area (Å²) in [6.07, 6.45) is 5.99. The molecule has 0 aliphatic carbocycles. The maximum atomic E-state index is 5.79. The fourth-order valence-electron chi connectivity index (χ4n) is 2.60. The average molecular weight is 291 g/mol. The minimum Gasteiger partial charge on any atom is -0.376 e. The third-order valence-corrected chi connectivity index (χ3v) is 3.83. The quantitative estimate of drug-likeness (QED) is 0.838. The van der Waals surface area contributed by atoms with Gasteiger partial charge in [0.1, 0.15) is 5.82 Å². The van der Waals surface area contributed by atoms with Gasteiger partial charge in [-0.1, -0.05) is 19.9 Å². The summed E-state index contributed by atoms with van der Waals surface area (Å²) in [7, 11) is 2.09. The molecular formula is C17H29N3O. The van der Waals surface area contributed by atoms with Gasteiger partial charge in [-0.15, -0.1) is 0 Å². The van der Waals surface area contributed by atoms with E-state index in [-0.39, 0.29) is 0 Å². The summed E-state index contributed by atoms with van der Waals surface area (Å²) in [4.78, 5) is 6.77. The topological polar surface area (TPSA) is 37.4 Å². The summed E-state index contributed by atoms with van der Waals surface area (Å²) in [6.45, 7) is 8.21. The Balaban J connectivity index is 1.80. The first-order chi connectivity index (χ1) is 10.1. The van der Waals surface area contributed by atoms with Gasteiger partial charge in [0.2, 0.25) is 0 Å². The number of likely N-dealkylation sites (N-methyl/N-ethyl adjacent to an activating group) is 1. The van der Waals surface area contributed by atoms with Gasteiger partial charge in [0.15, 0.2) is 0 Å².